The molecule has 0 amide bonds. The van der Waals surface area contributed by atoms with E-state index in [1.807, 2.05) is 18.4 Å². The van der Waals surface area contributed by atoms with Crippen molar-refractivity contribution in [1.82, 2.24) is 0 Å². The Morgan fingerprint density at radius 3 is 2.48 bits per heavy atom. The Morgan fingerprint density at radius 1 is 1.10 bits per heavy atom. The van der Waals surface area contributed by atoms with E-state index >= 15 is 0 Å². The first-order valence-electron chi connectivity index (χ1n) is 6.07. The highest BCUT2D eigenvalue weighted by Gasteiger charge is 2.31. The zero-order chi connectivity index (χ0) is 15.5. The molecule has 2 aromatic rings. The summed E-state index contributed by atoms with van der Waals surface area (Å²) in [6, 6.07) is 12.6. The van der Waals surface area contributed by atoms with Crippen molar-refractivity contribution in [3.8, 4) is 5.75 Å². The SMILES string of the molecule is CSc1ccccc1C(O)c1cccc(OC(F)(F)F)c1. The average molecular weight is 314 g/mol. The Bertz CT molecular complexity index is 614. The van der Waals surface area contributed by atoms with Gasteiger partial charge >= 0.3 is 6.36 Å². The van der Waals surface area contributed by atoms with E-state index in [2.05, 4.69) is 4.74 Å². The standard InChI is InChI=1S/C15H13F3O2S/c1-21-13-8-3-2-7-12(13)14(19)10-5-4-6-11(9-10)20-15(16,17)18/h2-9,14,19H,1H3. The maximum absolute atomic E-state index is 12.2. The third-order valence-corrected chi connectivity index (χ3v) is 3.65. The fourth-order valence-corrected chi connectivity index (χ4v) is 2.58. The van der Waals surface area contributed by atoms with Gasteiger partial charge in [0.1, 0.15) is 11.9 Å². The van der Waals surface area contributed by atoms with E-state index in [0.717, 1.165) is 4.90 Å². The Balaban J connectivity index is 2.31. The normalized spacial score (nSPS) is 13.0. The molecule has 6 heteroatoms. The number of hydrogen-bond acceptors (Lipinski definition) is 3. The van der Waals surface area contributed by atoms with Gasteiger partial charge in [-0.15, -0.1) is 24.9 Å². The zero-order valence-corrected chi connectivity index (χ0v) is 11.9. The third-order valence-electron chi connectivity index (χ3n) is 2.84. The van der Waals surface area contributed by atoms with Gasteiger partial charge in [0.05, 0.1) is 0 Å². The van der Waals surface area contributed by atoms with Crippen molar-refractivity contribution < 1.29 is 23.0 Å². The van der Waals surface area contributed by atoms with Gasteiger partial charge in [-0.1, -0.05) is 30.3 Å². The highest BCUT2D eigenvalue weighted by molar-refractivity contribution is 7.98. The maximum Gasteiger partial charge on any atom is 0.573 e. The molecule has 2 nitrogen and oxygen atoms in total. The lowest BCUT2D eigenvalue weighted by Gasteiger charge is -2.16. The minimum atomic E-state index is -4.75. The molecule has 21 heavy (non-hydrogen) atoms. The Morgan fingerprint density at radius 2 is 1.81 bits per heavy atom. The topological polar surface area (TPSA) is 29.5 Å². The van der Waals surface area contributed by atoms with Crippen LogP contribution < -0.4 is 4.74 Å². The van der Waals surface area contributed by atoms with Gasteiger partial charge in [-0.3, -0.25) is 0 Å². The van der Waals surface area contributed by atoms with Gasteiger partial charge in [-0.2, -0.15) is 0 Å². The van der Waals surface area contributed by atoms with E-state index in [0.29, 0.717) is 11.1 Å². The van der Waals surface area contributed by atoms with Crippen LogP contribution in [0.25, 0.3) is 0 Å². The number of aliphatic hydroxyl groups is 1. The van der Waals surface area contributed by atoms with Crippen molar-refractivity contribution in [1.29, 1.82) is 0 Å². The van der Waals surface area contributed by atoms with Crippen LogP contribution in [-0.2, 0) is 0 Å². The van der Waals surface area contributed by atoms with Crippen molar-refractivity contribution in [3.05, 3.63) is 59.7 Å². The Labute approximate surface area is 124 Å². The number of aliphatic hydroxyl groups excluding tert-OH is 1. The first-order chi connectivity index (χ1) is 9.90. The molecule has 1 unspecified atom stereocenters. The minimum absolute atomic E-state index is 0.346. The molecule has 0 saturated carbocycles. The van der Waals surface area contributed by atoms with Crippen molar-refractivity contribution in [2.24, 2.45) is 0 Å². The molecule has 0 aliphatic carbocycles. The molecule has 112 valence electrons. The molecule has 0 radical (unpaired) electrons. The second-order valence-electron chi connectivity index (χ2n) is 4.26. The number of alkyl halides is 3. The summed E-state index contributed by atoms with van der Waals surface area (Å²) in [5.74, 6) is -0.347. The number of thioether (sulfide) groups is 1. The fraction of sp³-hybridized carbons (Fsp3) is 0.200. The molecule has 2 aromatic carbocycles. The van der Waals surface area contributed by atoms with Gasteiger partial charge in [0.15, 0.2) is 0 Å². The third kappa shape index (κ3) is 4.15. The first kappa shape index (κ1) is 15.7. The second-order valence-corrected chi connectivity index (χ2v) is 5.11. The number of rotatable bonds is 4. The molecule has 1 atom stereocenters. The second kappa shape index (κ2) is 6.41. The van der Waals surface area contributed by atoms with Crippen molar-refractivity contribution >= 4 is 11.8 Å². The predicted octanol–water partition coefficient (Wildman–Crippen LogP) is 4.39. The molecule has 1 N–H and O–H groups in total. The summed E-state index contributed by atoms with van der Waals surface area (Å²) in [5.41, 5.74) is 0.993. The predicted molar refractivity (Wildman–Crippen MR) is 75.4 cm³/mol. The lowest BCUT2D eigenvalue weighted by Crippen LogP contribution is -2.17. The molecule has 0 aromatic heterocycles. The highest BCUT2D eigenvalue weighted by Crippen LogP contribution is 2.32. The van der Waals surface area contributed by atoms with Gasteiger partial charge in [0.25, 0.3) is 0 Å². The monoisotopic (exact) mass is 314 g/mol. The molecule has 0 saturated heterocycles. The Hall–Kier alpha value is -1.66. The molecule has 0 aliphatic heterocycles. The van der Waals surface area contributed by atoms with E-state index in [1.165, 1.54) is 30.0 Å². The van der Waals surface area contributed by atoms with E-state index < -0.39 is 12.5 Å². The van der Waals surface area contributed by atoms with Crippen LogP contribution in [0.1, 0.15) is 17.2 Å². The molecular formula is C15H13F3O2S. The lowest BCUT2D eigenvalue weighted by atomic mass is 10.0. The van der Waals surface area contributed by atoms with Crippen LogP contribution in [0.15, 0.2) is 53.4 Å². The summed E-state index contributed by atoms with van der Waals surface area (Å²) in [4.78, 5) is 0.868. The summed E-state index contributed by atoms with van der Waals surface area (Å²) in [5, 5.41) is 10.4. The van der Waals surface area contributed by atoms with Crippen LogP contribution >= 0.6 is 11.8 Å². The van der Waals surface area contributed by atoms with Crippen molar-refractivity contribution in [2.45, 2.75) is 17.4 Å². The minimum Gasteiger partial charge on any atom is -0.406 e. The van der Waals surface area contributed by atoms with E-state index in [-0.39, 0.29) is 5.75 Å². The van der Waals surface area contributed by atoms with Crippen LogP contribution in [-0.4, -0.2) is 17.7 Å². The molecule has 0 aliphatic rings. The van der Waals surface area contributed by atoms with Crippen LogP contribution in [0.3, 0.4) is 0 Å². The van der Waals surface area contributed by atoms with Crippen molar-refractivity contribution in [2.75, 3.05) is 6.26 Å². The van der Waals surface area contributed by atoms with Gasteiger partial charge < -0.3 is 9.84 Å². The smallest absolute Gasteiger partial charge is 0.406 e. The molecule has 0 spiro atoms. The summed E-state index contributed by atoms with van der Waals surface area (Å²) >= 11 is 1.46. The lowest BCUT2D eigenvalue weighted by molar-refractivity contribution is -0.274. The summed E-state index contributed by atoms with van der Waals surface area (Å²) in [7, 11) is 0. The number of hydrogen-bond donors (Lipinski definition) is 1. The van der Waals surface area contributed by atoms with E-state index in [4.69, 9.17) is 0 Å². The van der Waals surface area contributed by atoms with Crippen LogP contribution in [0, 0.1) is 0 Å². The van der Waals surface area contributed by atoms with Crippen LogP contribution in [0.5, 0.6) is 5.75 Å². The van der Waals surface area contributed by atoms with Crippen LogP contribution in [0.2, 0.25) is 0 Å². The van der Waals surface area contributed by atoms with Gasteiger partial charge in [0, 0.05) is 4.90 Å². The molecule has 2 rings (SSSR count). The van der Waals surface area contributed by atoms with Gasteiger partial charge in [-0.05, 0) is 35.6 Å². The maximum atomic E-state index is 12.2. The molecule has 0 fully saturated rings. The van der Waals surface area contributed by atoms with Crippen LogP contribution in [0.4, 0.5) is 13.2 Å². The quantitative estimate of drug-likeness (QED) is 0.849. The first-order valence-corrected chi connectivity index (χ1v) is 7.30. The van der Waals surface area contributed by atoms with Gasteiger partial charge in [-0.25, -0.2) is 0 Å². The largest absolute Gasteiger partial charge is 0.573 e. The molecular weight excluding hydrogens is 301 g/mol. The fourth-order valence-electron chi connectivity index (χ4n) is 1.95. The van der Waals surface area contributed by atoms with E-state index in [1.54, 1.807) is 18.2 Å². The summed E-state index contributed by atoms with van der Waals surface area (Å²) < 4.78 is 40.6. The number of halogens is 3. The highest BCUT2D eigenvalue weighted by atomic mass is 32.2. The zero-order valence-electron chi connectivity index (χ0n) is 11.1. The number of benzene rings is 2. The summed E-state index contributed by atoms with van der Waals surface area (Å²) in [6.45, 7) is 0. The van der Waals surface area contributed by atoms with Gasteiger partial charge in [0.2, 0.25) is 0 Å². The van der Waals surface area contributed by atoms with E-state index in [9.17, 15) is 18.3 Å². The molecule has 0 bridgehead atoms. The number of ether oxygens (including phenoxy) is 1. The summed E-state index contributed by atoms with van der Waals surface area (Å²) in [6.07, 6.45) is -3.89. The Kier molecular flexibility index (Phi) is 4.80. The molecule has 0 heterocycles. The average Bonchev–Trinajstić information content (AvgIpc) is 2.45. The van der Waals surface area contributed by atoms with Crippen molar-refractivity contribution in [3.63, 3.8) is 0 Å².